The summed E-state index contributed by atoms with van der Waals surface area (Å²) in [6.07, 6.45) is 2.40. The third-order valence-electron chi connectivity index (χ3n) is 3.91. The van der Waals surface area contributed by atoms with E-state index in [1.165, 1.54) is 17.7 Å². The predicted molar refractivity (Wildman–Crippen MR) is 87.1 cm³/mol. The van der Waals surface area contributed by atoms with Crippen molar-refractivity contribution in [3.8, 4) is 0 Å². The molecule has 1 aromatic rings. The molecule has 20 heavy (non-hydrogen) atoms. The van der Waals surface area contributed by atoms with E-state index in [4.69, 9.17) is 11.6 Å². The van der Waals surface area contributed by atoms with Gasteiger partial charge in [-0.2, -0.15) is 0 Å². The van der Waals surface area contributed by atoms with Gasteiger partial charge >= 0.3 is 0 Å². The van der Waals surface area contributed by atoms with Crippen molar-refractivity contribution in [3.63, 3.8) is 0 Å². The molecule has 4 heteroatoms. The zero-order valence-corrected chi connectivity index (χ0v) is 13.8. The van der Waals surface area contributed by atoms with Gasteiger partial charge in [-0.1, -0.05) is 12.1 Å². The molecule has 1 heterocycles. The Morgan fingerprint density at radius 3 is 2.40 bits per heavy atom. The maximum Gasteiger partial charge on any atom is 0.182 e. The molecule has 0 atom stereocenters. The van der Waals surface area contributed by atoms with Gasteiger partial charge in [-0.15, -0.1) is 23.4 Å². The van der Waals surface area contributed by atoms with Gasteiger partial charge in [-0.3, -0.25) is 9.69 Å². The van der Waals surface area contributed by atoms with Crippen LogP contribution in [0.25, 0.3) is 0 Å². The van der Waals surface area contributed by atoms with E-state index in [9.17, 15) is 4.79 Å². The lowest BCUT2D eigenvalue weighted by atomic mass is 9.91. The third kappa shape index (κ3) is 3.57. The van der Waals surface area contributed by atoms with Crippen LogP contribution in [0.1, 0.15) is 37.0 Å². The van der Waals surface area contributed by atoms with Crippen molar-refractivity contribution < 1.29 is 4.79 Å². The Labute approximate surface area is 130 Å². The van der Waals surface area contributed by atoms with Crippen molar-refractivity contribution in [2.24, 2.45) is 0 Å². The Balaban J connectivity index is 2.08. The molecular weight excluding hydrogens is 290 g/mol. The fourth-order valence-electron chi connectivity index (χ4n) is 2.63. The van der Waals surface area contributed by atoms with Crippen LogP contribution in [-0.4, -0.2) is 40.9 Å². The van der Waals surface area contributed by atoms with Gasteiger partial charge in [-0.05, 0) is 51.9 Å². The van der Waals surface area contributed by atoms with Crippen LogP contribution in [0, 0.1) is 0 Å². The fourth-order valence-corrected chi connectivity index (χ4v) is 3.50. The SMILES string of the molecule is CC(C)(C(=O)c1ccc(SCCCl)cc1)N1CCCC1. The van der Waals surface area contributed by atoms with Gasteiger partial charge in [0.2, 0.25) is 0 Å². The number of benzene rings is 1. The molecule has 0 aliphatic carbocycles. The molecule has 2 nitrogen and oxygen atoms in total. The maximum atomic E-state index is 12.7. The highest BCUT2D eigenvalue weighted by Gasteiger charge is 2.36. The summed E-state index contributed by atoms with van der Waals surface area (Å²) in [6, 6.07) is 7.92. The highest BCUT2D eigenvalue weighted by atomic mass is 35.5. The number of likely N-dealkylation sites (tertiary alicyclic amines) is 1. The summed E-state index contributed by atoms with van der Waals surface area (Å²) >= 11 is 7.41. The second kappa shape index (κ2) is 6.97. The average Bonchev–Trinajstić information content (AvgIpc) is 3.00. The molecule has 0 amide bonds. The summed E-state index contributed by atoms with van der Waals surface area (Å²) in [7, 11) is 0. The number of carbonyl (C=O) groups excluding carboxylic acids is 1. The summed E-state index contributed by atoms with van der Waals surface area (Å²) in [5.74, 6) is 1.76. The molecule has 1 saturated heterocycles. The van der Waals surface area contributed by atoms with Gasteiger partial charge in [-0.25, -0.2) is 0 Å². The monoisotopic (exact) mass is 311 g/mol. The van der Waals surface area contributed by atoms with Crippen molar-refractivity contribution in [2.75, 3.05) is 24.7 Å². The molecule has 1 fully saturated rings. The van der Waals surface area contributed by atoms with E-state index in [1.54, 1.807) is 11.8 Å². The number of thioether (sulfide) groups is 1. The van der Waals surface area contributed by atoms with Crippen molar-refractivity contribution in [2.45, 2.75) is 37.1 Å². The third-order valence-corrected chi connectivity index (χ3v) is 5.34. The lowest BCUT2D eigenvalue weighted by molar-refractivity contribution is 0.0702. The first-order valence-electron chi connectivity index (χ1n) is 7.14. The molecule has 1 aromatic carbocycles. The van der Waals surface area contributed by atoms with E-state index in [1.807, 2.05) is 38.1 Å². The summed E-state index contributed by atoms with van der Waals surface area (Å²) in [5, 5.41) is 0. The lowest BCUT2D eigenvalue weighted by Crippen LogP contribution is -2.48. The highest BCUT2D eigenvalue weighted by Crippen LogP contribution is 2.26. The number of carbonyl (C=O) groups is 1. The Hall–Kier alpha value is -0.510. The van der Waals surface area contributed by atoms with E-state index in [-0.39, 0.29) is 5.78 Å². The van der Waals surface area contributed by atoms with E-state index >= 15 is 0 Å². The number of rotatable bonds is 6. The predicted octanol–water partition coefficient (Wildman–Crippen LogP) is 4.07. The molecule has 1 aliphatic heterocycles. The molecule has 110 valence electrons. The summed E-state index contributed by atoms with van der Waals surface area (Å²) in [5.41, 5.74) is 0.401. The van der Waals surface area contributed by atoms with E-state index in [0.717, 1.165) is 24.4 Å². The average molecular weight is 312 g/mol. The van der Waals surface area contributed by atoms with E-state index in [0.29, 0.717) is 5.88 Å². The van der Waals surface area contributed by atoms with Crippen molar-refractivity contribution >= 4 is 29.1 Å². The van der Waals surface area contributed by atoms with Crippen LogP contribution in [0.5, 0.6) is 0 Å². The summed E-state index contributed by atoms with van der Waals surface area (Å²) < 4.78 is 0. The highest BCUT2D eigenvalue weighted by molar-refractivity contribution is 7.99. The number of halogens is 1. The molecule has 0 spiro atoms. The molecule has 0 radical (unpaired) electrons. The van der Waals surface area contributed by atoms with Crippen molar-refractivity contribution in [1.29, 1.82) is 0 Å². The lowest BCUT2D eigenvalue weighted by Gasteiger charge is -2.33. The van der Waals surface area contributed by atoms with Crippen LogP contribution in [0.3, 0.4) is 0 Å². The largest absolute Gasteiger partial charge is 0.292 e. The van der Waals surface area contributed by atoms with Gasteiger partial charge in [0.15, 0.2) is 5.78 Å². The second-order valence-corrected chi connectivity index (χ2v) is 7.19. The molecule has 0 N–H and O–H groups in total. The van der Waals surface area contributed by atoms with Crippen LogP contribution >= 0.6 is 23.4 Å². The minimum atomic E-state index is -0.401. The van der Waals surface area contributed by atoms with Crippen LogP contribution in [0.4, 0.5) is 0 Å². The molecule has 0 bridgehead atoms. The van der Waals surface area contributed by atoms with E-state index in [2.05, 4.69) is 4.90 Å². The first-order valence-corrected chi connectivity index (χ1v) is 8.66. The van der Waals surface area contributed by atoms with E-state index < -0.39 is 5.54 Å². The maximum absolute atomic E-state index is 12.7. The summed E-state index contributed by atoms with van der Waals surface area (Å²) in [6.45, 7) is 6.14. The van der Waals surface area contributed by atoms with Gasteiger partial charge < -0.3 is 0 Å². The quantitative estimate of drug-likeness (QED) is 0.448. The van der Waals surface area contributed by atoms with Crippen LogP contribution < -0.4 is 0 Å². The molecule has 2 rings (SSSR count). The first-order chi connectivity index (χ1) is 9.55. The number of alkyl halides is 1. The minimum Gasteiger partial charge on any atom is -0.292 e. The van der Waals surface area contributed by atoms with Crippen molar-refractivity contribution in [1.82, 2.24) is 4.90 Å². The molecule has 0 unspecified atom stereocenters. The van der Waals surface area contributed by atoms with Crippen molar-refractivity contribution in [3.05, 3.63) is 29.8 Å². The standard InChI is InChI=1S/C16H22ClNOS/c1-16(2,18-10-3-4-11-18)15(19)13-5-7-14(8-6-13)20-12-9-17/h5-8H,3-4,9-12H2,1-2H3. The van der Waals surface area contributed by atoms with Gasteiger partial charge in [0, 0.05) is 22.1 Å². The van der Waals surface area contributed by atoms with Crippen LogP contribution in [0.2, 0.25) is 0 Å². The van der Waals surface area contributed by atoms with Gasteiger partial charge in [0.1, 0.15) is 0 Å². The Morgan fingerprint density at radius 1 is 1.25 bits per heavy atom. The Kier molecular flexibility index (Phi) is 5.53. The number of Topliss-reactive ketones (excluding diaryl/α,β-unsaturated/α-hetero) is 1. The Bertz CT molecular complexity index is 452. The minimum absolute atomic E-state index is 0.216. The zero-order chi connectivity index (χ0) is 14.6. The number of hydrogen-bond acceptors (Lipinski definition) is 3. The van der Waals surface area contributed by atoms with Crippen LogP contribution in [-0.2, 0) is 0 Å². The molecule has 0 saturated carbocycles. The number of ketones is 1. The normalized spacial score (nSPS) is 16.6. The smallest absolute Gasteiger partial charge is 0.182 e. The second-order valence-electron chi connectivity index (χ2n) is 5.64. The molecule has 0 aromatic heterocycles. The number of hydrogen-bond donors (Lipinski definition) is 0. The van der Waals surface area contributed by atoms with Crippen LogP contribution in [0.15, 0.2) is 29.2 Å². The molecule has 1 aliphatic rings. The summed E-state index contributed by atoms with van der Waals surface area (Å²) in [4.78, 5) is 16.2. The topological polar surface area (TPSA) is 20.3 Å². The zero-order valence-electron chi connectivity index (χ0n) is 12.2. The number of nitrogens with zero attached hydrogens (tertiary/aromatic N) is 1. The first kappa shape index (κ1) is 15.9. The fraction of sp³-hybridized carbons (Fsp3) is 0.562. The van der Waals surface area contributed by atoms with Gasteiger partial charge in [0.25, 0.3) is 0 Å². The Morgan fingerprint density at radius 2 is 1.85 bits per heavy atom. The van der Waals surface area contributed by atoms with Gasteiger partial charge in [0.05, 0.1) is 5.54 Å². The molecular formula is C16H22ClNOS.